The van der Waals surface area contributed by atoms with E-state index in [0.717, 1.165) is 5.56 Å². The Bertz CT molecular complexity index is 915. The summed E-state index contributed by atoms with van der Waals surface area (Å²) in [5.41, 5.74) is 1.25. The van der Waals surface area contributed by atoms with Crippen LogP contribution in [0.4, 0.5) is 0 Å². The highest BCUT2D eigenvalue weighted by Crippen LogP contribution is 2.30. The van der Waals surface area contributed by atoms with E-state index in [2.05, 4.69) is 0 Å². The molecule has 3 rings (SSSR count). The molecule has 0 bridgehead atoms. The summed E-state index contributed by atoms with van der Waals surface area (Å²) >= 11 is 0. The van der Waals surface area contributed by atoms with Gasteiger partial charge in [0.05, 0.1) is 34.9 Å². The van der Waals surface area contributed by atoms with E-state index in [1.165, 1.54) is 14.2 Å². The third-order valence-electron chi connectivity index (χ3n) is 5.36. The predicted molar refractivity (Wildman–Crippen MR) is 115 cm³/mol. The predicted octanol–water partition coefficient (Wildman–Crippen LogP) is 2.25. The van der Waals surface area contributed by atoms with Gasteiger partial charge in [-0.2, -0.15) is 0 Å². The molecule has 166 valence electrons. The third-order valence-corrected chi connectivity index (χ3v) is 5.36. The van der Waals surface area contributed by atoms with Gasteiger partial charge in [-0.3, -0.25) is 9.59 Å². The average Bonchev–Trinajstić information content (AvgIpc) is 2.82. The molecule has 0 N–H and O–H groups in total. The Morgan fingerprint density at radius 2 is 1.29 bits per heavy atom. The number of amides is 2. The molecular weight excluding hydrogens is 400 g/mol. The van der Waals surface area contributed by atoms with Crippen LogP contribution >= 0.6 is 0 Å². The summed E-state index contributed by atoms with van der Waals surface area (Å²) in [6.45, 7) is 1.82. The van der Waals surface area contributed by atoms with Gasteiger partial charge in [-0.1, -0.05) is 12.1 Å². The van der Waals surface area contributed by atoms with Crippen molar-refractivity contribution in [3.63, 3.8) is 0 Å². The van der Waals surface area contributed by atoms with Crippen LogP contribution < -0.4 is 18.9 Å². The van der Waals surface area contributed by atoms with Crippen molar-refractivity contribution in [2.75, 3.05) is 54.6 Å². The average molecular weight is 428 g/mol. The minimum absolute atomic E-state index is 0.00851. The van der Waals surface area contributed by atoms with Crippen molar-refractivity contribution in [3.05, 3.63) is 47.5 Å². The van der Waals surface area contributed by atoms with E-state index >= 15 is 0 Å². The first-order valence-corrected chi connectivity index (χ1v) is 10.0. The van der Waals surface area contributed by atoms with E-state index < -0.39 is 0 Å². The number of piperazine rings is 1. The largest absolute Gasteiger partial charge is 0.496 e. The molecule has 0 aromatic heterocycles. The van der Waals surface area contributed by atoms with E-state index in [1.54, 1.807) is 48.3 Å². The molecule has 2 aromatic carbocycles. The quantitative estimate of drug-likeness (QED) is 0.673. The zero-order valence-corrected chi connectivity index (χ0v) is 18.3. The summed E-state index contributed by atoms with van der Waals surface area (Å²) in [4.78, 5) is 29.4. The Morgan fingerprint density at radius 1 is 0.742 bits per heavy atom. The molecule has 1 aliphatic rings. The van der Waals surface area contributed by atoms with E-state index in [4.69, 9.17) is 18.9 Å². The first-order valence-electron chi connectivity index (χ1n) is 10.0. The summed E-state index contributed by atoms with van der Waals surface area (Å²) in [7, 11) is 6.19. The molecule has 8 nitrogen and oxygen atoms in total. The smallest absolute Gasteiger partial charge is 0.261 e. The van der Waals surface area contributed by atoms with E-state index in [0.29, 0.717) is 54.7 Å². The zero-order valence-electron chi connectivity index (χ0n) is 18.3. The highest BCUT2D eigenvalue weighted by molar-refractivity contribution is 6.00. The molecule has 0 spiro atoms. The molecule has 1 saturated heterocycles. The van der Waals surface area contributed by atoms with Crippen molar-refractivity contribution in [2.24, 2.45) is 0 Å². The van der Waals surface area contributed by atoms with Crippen LogP contribution in [0.1, 0.15) is 15.9 Å². The van der Waals surface area contributed by atoms with Gasteiger partial charge < -0.3 is 28.7 Å². The molecule has 1 heterocycles. The number of hydrogen-bond acceptors (Lipinski definition) is 6. The monoisotopic (exact) mass is 428 g/mol. The molecule has 2 amide bonds. The number of nitrogens with zero attached hydrogens (tertiary/aromatic N) is 2. The van der Waals surface area contributed by atoms with Gasteiger partial charge in [-0.05, 0) is 29.8 Å². The summed E-state index contributed by atoms with van der Waals surface area (Å²) in [5.74, 6) is 2.00. The maximum absolute atomic E-state index is 13.1. The normalized spacial score (nSPS) is 13.5. The number of methoxy groups -OCH3 is 4. The van der Waals surface area contributed by atoms with E-state index in [9.17, 15) is 9.59 Å². The summed E-state index contributed by atoms with van der Waals surface area (Å²) in [5, 5.41) is 0. The van der Waals surface area contributed by atoms with Gasteiger partial charge in [-0.15, -0.1) is 0 Å². The Kier molecular flexibility index (Phi) is 7.23. The lowest BCUT2D eigenvalue weighted by molar-refractivity contribution is -0.131. The van der Waals surface area contributed by atoms with Gasteiger partial charge in [0, 0.05) is 26.2 Å². The van der Waals surface area contributed by atoms with Gasteiger partial charge in [0.15, 0.2) is 11.5 Å². The number of benzene rings is 2. The number of ether oxygens (including phenoxy) is 4. The van der Waals surface area contributed by atoms with Crippen LogP contribution in [0.25, 0.3) is 0 Å². The van der Waals surface area contributed by atoms with Crippen LogP contribution in [-0.2, 0) is 11.2 Å². The molecular formula is C23H28N2O6. The Balaban J connectivity index is 1.63. The van der Waals surface area contributed by atoms with Crippen molar-refractivity contribution < 1.29 is 28.5 Å². The van der Waals surface area contributed by atoms with Crippen LogP contribution in [0.15, 0.2) is 36.4 Å². The van der Waals surface area contributed by atoms with E-state index in [-0.39, 0.29) is 18.2 Å². The fourth-order valence-electron chi connectivity index (χ4n) is 3.66. The molecule has 0 radical (unpaired) electrons. The molecule has 31 heavy (non-hydrogen) atoms. The first-order chi connectivity index (χ1) is 15.0. The van der Waals surface area contributed by atoms with Gasteiger partial charge in [-0.25, -0.2) is 0 Å². The van der Waals surface area contributed by atoms with Crippen LogP contribution in [-0.4, -0.2) is 76.2 Å². The van der Waals surface area contributed by atoms with Crippen molar-refractivity contribution in [1.82, 2.24) is 9.80 Å². The van der Waals surface area contributed by atoms with Gasteiger partial charge in [0.25, 0.3) is 5.91 Å². The second-order valence-corrected chi connectivity index (χ2v) is 7.08. The fraction of sp³-hybridized carbons (Fsp3) is 0.391. The second kappa shape index (κ2) is 10.1. The highest BCUT2D eigenvalue weighted by atomic mass is 16.5. The Labute approximate surface area is 182 Å². The molecule has 1 fully saturated rings. The molecule has 0 aliphatic carbocycles. The Hall–Kier alpha value is -3.42. The zero-order chi connectivity index (χ0) is 22.4. The Morgan fingerprint density at radius 3 is 1.84 bits per heavy atom. The number of carbonyl (C=O) groups is 2. The SMILES string of the molecule is COc1ccc(CC(=O)N2CCN(C(=O)c3c(OC)cccc3OC)CC2)cc1OC. The maximum Gasteiger partial charge on any atom is 0.261 e. The number of hydrogen-bond donors (Lipinski definition) is 0. The van der Waals surface area contributed by atoms with Crippen molar-refractivity contribution in [1.29, 1.82) is 0 Å². The van der Waals surface area contributed by atoms with Gasteiger partial charge in [0.2, 0.25) is 5.91 Å². The topological polar surface area (TPSA) is 77.5 Å². The van der Waals surface area contributed by atoms with Gasteiger partial charge >= 0.3 is 0 Å². The van der Waals surface area contributed by atoms with Gasteiger partial charge in [0.1, 0.15) is 17.1 Å². The summed E-state index contributed by atoms with van der Waals surface area (Å²) in [6.07, 6.45) is 0.259. The standard InChI is InChI=1S/C23H28N2O6/c1-28-17-9-8-16(14-20(17)31-4)15-21(26)24-10-12-25(13-11-24)23(27)22-18(29-2)6-5-7-19(22)30-3/h5-9,14H,10-13,15H2,1-4H3. The summed E-state index contributed by atoms with van der Waals surface area (Å²) in [6, 6.07) is 10.7. The van der Waals surface area contributed by atoms with Crippen molar-refractivity contribution in [2.45, 2.75) is 6.42 Å². The third kappa shape index (κ3) is 4.84. The minimum atomic E-state index is -0.165. The number of carbonyl (C=O) groups excluding carboxylic acids is 2. The van der Waals surface area contributed by atoms with Crippen molar-refractivity contribution >= 4 is 11.8 Å². The van der Waals surface area contributed by atoms with Crippen LogP contribution in [0.2, 0.25) is 0 Å². The lowest BCUT2D eigenvalue weighted by atomic mass is 10.1. The second-order valence-electron chi connectivity index (χ2n) is 7.08. The molecule has 8 heteroatoms. The maximum atomic E-state index is 13.1. The fourth-order valence-corrected chi connectivity index (χ4v) is 3.66. The lowest BCUT2D eigenvalue weighted by Gasteiger charge is -2.35. The van der Waals surface area contributed by atoms with Crippen LogP contribution in [0.5, 0.6) is 23.0 Å². The molecule has 2 aromatic rings. The van der Waals surface area contributed by atoms with Crippen LogP contribution in [0, 0.1) is 0 Å². The lowest BCUT2D eigenvalue weighted by Crippen LogP contribution is -2.51. The first kappa shape index (κ1) is 22.3. The molecule has 0 saturated carbocycles. The van der Waals surface area contributed by atoms with E-state index in [1.807, 2.05) is 12.1 Å². The molecule has 0 unspecified atom stereocenters. The minimum Gasteiger partial charge on any atom is -0.496 e. The van der Waals surface area contributed by atoms with Crippen LogP contribution in [0.3, 0.4) is 0 Å². The highest BCUT2D eigenvalue weighted by Gasteiger charge is 2.28. The molecule has 1 aliphatic heterocycles. The summed E-state index contributed by atoms with van der Waals surface area (Å²) < 4.78 is 21.2. The molecule has 0 atom stereocenters. The van der Waals surface area contributed by atoms with Crippen molar-refractivity contribution in [3.8, 4) is 23.0 Å². The number of rotatable bonds is 7.